The minimum atomic E-state index is -3.48. The van der Waals surface area contributed by atoms with Gasteiger partial charge in [-0.3, -0.25) is 0 Å². The second kappa shape index (κ2) is 5.74. The Morgan fingerprint density at radius 1 is 1.20 bits per heavy atom. The quantitative estimate of drug-likeness (QED) is 0.842. The van der Waals surface area contributed by atoms with Crippen LogP contribution in [0.15, 0.2) is 23.1 Å². The molecule has 1 aliphatic carbocycles. The molecular weight excluding hydrogens is 272 g/mol. The summed E-state index contributed by atoms with van der Waals surface area (Å²) in [7, 11) is -3.48. The third kappa shape index (κ3) is 3.15. The lowest BCUT2D eigenvalue weighted by Gasteiger charge is -2.32. The van der Waals surface area contributed by atoms with Gasteiger partial charge in [0.25, 0.3) is 0 Å². The Balaban J connectivity index is 2.18. The van der Waals surface area contributed by atoms with E-state index in [2.05, 4.69) is 18.6 Å². The van der Waals surface area contributed by atoms with Crippen LogP contribution >= 0.6 is 0 Å². The fourth-order valence-electron chi connectivity index (χ4n) is 2.86. The van der Waals surface area contributed by atoms with Crippen LogP contribution in [0.2, 0.25) is 0 Å². The molecule has 2 rings (SSSR count). The van der Waals surface area contributed by atoms with Crippen LogP contribution in [-0.4, -0.2) is 14.5 Å². The van der Waals surface area contributed by atoms with E-state index in [1.807, 2.05) is 0 Å². The van der Waals surface area contributed by atoms with Crippen LogP contribution in [0.25, 0.3) is 0 Å². The zero-order chi connectivity index (χ0) is 14.9. The van der Waals surface area contributed by atoms with E-state index in [0.29, 0.717) is 28.0 Å². The number of anilines is 1. The zero-order valence-electron chi connectivity index (χ0n) is 12.4. The molecule has 1 fully saturated rings. The van der Waals surface area contributed by atoms with E-state index in [1.54, 1.807) is 25.1 Å². The molecule has 0 bridgehead atoms. The van der Waals surface area contributed by atoms with E-state index in [1.165, 1.54) is 0 Å². The second-order valence-electron chi connectivity index (χ2n) is 6.06. The molecule has 1 saturated carbocycles. The van der Waals surface area contributed by atoms with Gasteiger partial charge in [0.1, 0.15) is 0 Å². The summed E-state index contributed by atoms with van der Waals surface area (Å²) in [4.78, 5) is 0.295. The van der Waals surface area contributed by atoms with Gasteiger partial charge < -0.3 is 5.73 Å². The number of benzene rings is 1. The lowest BCUT2D eigenvalue weighted by Crippen LogP contribution is -2.40. The SMILES string of the molecule is Cc1c(N)cccc1S(=O)(=O)NC1CCC(C)C(C)C1. The lowest BCUT2D eigenvalue weighted by atomic mass is 9.79. The topological polar surface area (TPSA) is 72.2 Å². The van der Waals surface area contributed by atoms with Gasteiger partial charge in [0, 0.05) is 11.7 Å². The van der Waals surface area contributed by atoms with Crippen LogP contribution in [-0.2, 0) is 10.0 Å². The third-order valence-electron chi connectivity index (χ3n) is 4.54. The van der Waals surface area contributed by atoms with Gasteiger partial charge >= 0.3 is 0 Å². The van der Waals surface area contributed by atoms with E-state index in [0.717, 1.165) is 19.3 Å². The van der Waals surface area contributed by atoms with Gasteiger partial charge in [-0.05, 0) is 55.7 Å². The number of nitrogen functional groups attached to an aromatic ring is 1. The van der Waals surface area contributed by atoms with Gasteiger partial charge in [-0.15, -0.1) is 0 Å². The van der Waals surface area contributed by atoms with Crippen molar-refractivity contribution in [2.24, 2.45) is 11.8 Å². The highest BCUT2D eigenvalue weighted by atomic mass is 32.2. The van der Waals surface area contributed by atoms with Crippen LogP contribution in [0.5, 0.6) is 0 Å². The molecule has 0 saturated heterocycles. The van der Waals surface area contributed by atoms with E-state index in [-0.39, 0.29) is 6.04 Å². The maximum atomic E-state index is 12.5. The van der Waals surface area contributed by atoms with Gasteiger partial charge in [-0.2, -0.15) is 0 Å². The van der Waals surface area contributed by atoms with Crippen LogP contribution in [0.1, 0.15) is 38.7 Å². The molecule has 0 spiro atoms. The van der Waals surface area contributed by atoms with Crippen molar-refractivity contribution in [3.05, 3.63) is 23.8 Å². The third-order valence-corrected chi connectivity index (χ3v) is 6.20. The molecule has 1 aromatic carbocycles. The summed E-state index contributed by atoms with van der Waals surface area (Å²) < 4.78 is 27.8. The Morgan fingerprint density at radius 3 is 2.55 bits per heavy atom. The Labute approximate surface area is 121 Å². The normalized spacial score (nSPS) is 27.4. The Morgan fingerprint density at radius 2 is 1.90 bits per heavy atom. The number of sulfonamides is 1. The molecule has 20 heavy (non-hydrogen) atoms. The molecule has 5 heteroatoms. The average Bonchev–Trinajstić information content (AvgIpc) is 2.36. The predicted molar refractivity (Wildman–Crippen MR) is 81.9 cm³/mol. The fourth-order valence-corrected chi connectivity index (χ4v) is 4.42. The van der Waals surface area contributed by atoms with Gasteiger partial charge in [0.05, 0.1) is 4.90 Å². The molecule has 3 N–H and O–H groups in total. The minimum absolute atomic E-state index is 0.0343. The number of rotatable bonds is 3. The van der Waals surface area contributed by atoms with Crippen LogP contribution in [0.3, 0.4) is 0 Å². The van der Waals surface area contributed by atoms with Crippen LogP contribution in [0.4, 0.5) is 5.69 Å². The summed E-state index contributed by atoms with van der Waals surface area (Å²) in [6.07, 6.45) is 2.89. The maximum Gasteiger partial charge on any atom is 0.241 e. The Bertz CT molecular complexity index is 584. The Hall–Kier alpha value is -1.07. The first-order valence-electron chi connectivity index (χ1n) is 7.18. The first kappa shape index (κ1) is 15.3. The summed E-state index contributed by atoms with van der Waals surface area (Å²) in [6, 6.07) is 5.05. The standard InChI is InChI=1S/C15H24N2O2S/c1-10-7-8-13(9-11(10)2)17-20(18,19)15-6-4-5-14(16)12(15)3/h4-6,10-11,13,17H,7-9,16H2,1-3H3. The monoisotopic (exact) mass is 296 g/mol. The molecule has 1 aromatic rings. The van der Waals surface area contributed by atoms with Gasteiger partial charge in [-0.25, -0.2) is 13.1 Å². The van der Waals surface area contributed by atoms with Crippen molar-refractivity contribution in [1.29, 1.82) is 0 Å². The first-order valence-corrected chi connectivity index (χ1v) is 8.67. The summed E-state index contributed by atoms with van der Waals surface area (Å²) in [6.45, 7) is 6.17. The molecule has 112 valence electrons. The number of hydrogen-bond acceptors (Lipinski definition) is 3. The summed E-state index contributed by atoms with van der Waals surface area (Å²) in [5, 5.41) is 0. The van der Waals surface area contributed by atoms with E-state index >= 15 is 0 Å². The molecule has 0 aromatic heterocycles. The first-order chi connectivity index (χ1) is 9.31. The highest BCUT2D eigenvalue weighted by Crippen LogP contribution is 2.30. The van der Waals surface area contributed by atoms with E-state index in [4.69, 9.17) is 5.73 Å². The number of nitrogens with two attached hydrogens (primary N) is 1. The highest BCUT2D eigenvalue weighted by molar-refractivity contribution is 7.89. The average molecular weight is 296 g/mol. The van der Waals surface area contributed by atoms with E-state index in [9.17, 15) is 8.42 Å². The molecule has 0 radical (unpaired) electrons. The fraction of sp³-hybridized carbons (Fsp3) is 0.600. The lowest BCUT2D eigenvalue weighted by molar-refractivity contribution is 0.242. The predicted octanol–water partition coefficient (Wildman–Crippen LogP) is 2.68. The molecule has 4 nitrogen and oxygen atoms in total. The molecule has 0 heterocycles. The van der Waals surface area contributed by atoms with Crippen molar-refractivity contribution in [3.63, 3.8) is 0 Å². The maximum absolute atomic E-state index is 12.5. The number of nitrogens with one attached hydrogen (secondary N) is 1. The molecule has 1 aliphatic rings. The van der Waals surface area contributed by atoms with Gasteiger partial charge in [-0.1, -0.05) is 19.9 Å². The molecular formula is C15H24N2O2S. The molecule has 3 atom stereocenters. The van der Waals surface area contributed by atoms with Crippen LogP contribution in [0, 0.1) is 18.8 Å². The smallest absolute Gasteiger partial charge is 0.241 e. The summed E-state index contributed by atoms with van der Waals surface area (Å²) in [5.74, 6) is 1.23. The molecule has 0 aliphatic heterocycles. The largest absolute Gasteiger partial charge is 0.398 e. The Kier molecular flexibility index (Phi) is 4.39. The van der Waals surface area contributed by atoms with Gasteiger partial charge in [0.15, 0.2) is 0 Å². The van der Waals surface area contributed by atoms with Crippen molar-refractivity contribution in [2.75, 3.05) is 5.73 Å². The van der Waals surface area contributed by atoms with Crippen molar-refractivity contribution >= 4 is 15.7 Å². The zero-order valence-corrected chi connectivity index (χ0v) is 13.2. The molecule has 0 amide bonds. The van der Waals surface area contributed by atoms with Crippen LogP contribution < -0.4 is 10.5 Å². The minimum Gasteiger partial charge on any atom is -0.398 e. The molecule has 3 unspecified atom stereocenters. The highest BCUT2D eigenvalue weighted by Gasteiger charge is 2.28. The van der Waals surface area contributed by atoms with Crippen molar-refractivity contribution in [1.82, 2.24) is 4.72 Å². The summed E-state index contributed by atoms with van der Waals surface area (Å²) >= 11 is 0. The summed E-state index contributed by atoms with van der Waals surface area (Å²) in [5.41, 5.74) is 6.93. The second-order valence-corrected chi connectivity index (χ2v) is 7.74. The van der Waals surface area contributed by atoms with Crippen molar-refractivity contribution in [2.45, 2.75) is 51.0 Å². The van der Waals surface area contributed by atoms with Crippen molar-refractivity contribution in [3.8, 4) is 0 Å². The van der Waals surface area contributed by atoms with Crippen molar-refractivity contribution < 1.29 is 8.42 Å². The van der Waals surface area contributed by atoms with E-state index < -0.39 is 10.0 Å². The van der Waals surface area contributed by atoms with Gasteiger partial charge in [0.2, 0.25) is 10.0 Å². The number of hydrogen-bond donors (Lipinski definition) is 2.